The van der Waals surface area contributed by atoms with Crippen LogP contribution in [0.3, 0.4) is 0 Å². The van der Waals surface area contributed by atoms with Crippen molar-refractivity contribution in [1.82, 2.24) is 19.9 Å². The fourth-order valence-electron chi connectivity index (χ4n) is 3.57. The minimum absolute atomic E-state index is 0.0610. The number of aryl methyl sites for hydroxylation is 2. The lowest BCUT2D eigenvalue weighted by molar-refractivity contribution is -0.153. The molecule has 0 radical (unpaired) electrons. The molecule has 15 heteroatoms. The average Bonchev–Trinajstić information content (AvgIpc) is 2.95. The molecule has 0 aliphatic carbocycles. The van der Waals surface area contributed by atoms with Crippen molar-refractivity contribution in [2.75, 3.05) is 18.5 Å². The van der Waals surface area contributed by atoms with E-state index in [-0.39, 0.29) is 22.9 Å². The molecule has 9 nitrogen and oxygen atoms in total. The predicted molar refractivity (Wildman–Crippen MR) is 141 cm³/mol. The molecule has 43 heavy (non-hydrogen) atoms. The maximum atomic E-state index is 13.1. The van der Waals surface area contributed by atoms with Crippen molar-refractivity contribution in [3.63, 3.8) is 0 Å². The van der Waals surface area contributed by atoms with Gasteiger partial charge in [-0.15, -0.1) is 0 Å². The van der Waals surface area contributed by atoms with Gasteiger partial charge < -0.3 is 19.5 Å². The quantitative estimate of drug-likeness (QED) is 0.198. The van der Waals surface area contributed by atoms with Crippen LogP contribution in [0, 0.1) is 6.92 Å². The number of nitrogens with zero attached hydrogens (tertiary/aromatic N) is 4. The lowest BCUT2D eigenvalue weighted by Gasteiger charge is -2.15. The van der Waals surface area contributed by atoms with Gasteiger partial charge in [0, 0.05) is 42.1 Å². The van der Waals surface area contributed by atoms with Crippen molar-refractivity contribution in [1.29, 1.82) is 0 Å². The molecule has 1 amide bonds. The number of hydrogen-bond acceptors (Lipinski definition) is 8. The first-order valence-corrected chi connectivity index (χ1v) is 12.6. The molecule has 0 aliphatic heterocycles. The lowest BCUT2D eigenvalue weighted by Crippen LogP contribution is -2.20. The first-order valence-electron chi connectivity index (χ1n) is 12.6. The van der Waals surface area contributed by atoms with E-state index in [9.17, 15) is 31.1 Å². The second-order valence-electron chi connectivity index (χ2n) is 8.97. The number of anilines is 1. The first-order chi connectivity index (χ1) is 20.3. The number of aromatic nitrogens is 4. The number of amides is 1. The molecule has 0 saturated heterocycles. The van der Waals surface area contributed by atoms with E-state index in [1.165, 1.54) is 24.7 Å². The van der Waals surface area contributed by atoms with Gasteiger partial charge in [-0.25, -0.2) is 19.9 Å². The van der Waals surface area contributed by atoms with Gasteiger partial charge in [-0.05, 0) is 36.8 Å². The van der Waals surface area contributed by atoms with Crippen molar-refractivity contribution >= 4 is 11.6 Å². The van der Waals surface area contributed by atoms with E-state index < -0.39 is 43.0 Å². The highest BCUT2D eigenvalue weighted by molar-refractivity contribution is 6.04. The molecule has 0 fully saturated rings. The molecule has 4 rings (SSSR count). The highest BCUT2D eigenvalue weighted by atomic mass is 19.4. The zero-order valence-electron chi connectivity index (χ0n) is 22.6. The fraction of sp³-hybridized carbons (Fsp3) is 0.250. The molecule has 0 bridgehead atoms. The number of benzene rings is 2. The summed E-state index contributed by atoms with van der Waals surface area (Å²) in [4.78, 5) is 30.0. The van der Waals surface area contributed by atoms with Crippen molar-refractivity contribution < 1.29 is 45.3 Å². The number of halogens is 6. The fourth-order valence-corrected chi connectivity index (χ4v) is 3.57. The maximum Gasteiger partial charge on any atom is 0.422 e. The van der Waals surface area contributed by atoms with Gasteiger partial charge >= 0.3 is 12.4 Å². The Bertz CT molecular complexity index is 1560. The van der Waals surface area contributed by atoms with Gasteiger partial charge in [0.05, 0.1) is 5.56 Å². The highest BCUT2D eigenvalue weighted by Gasteiger charge is 2.30. The Hall–Kier alpha value is -4.95. The van der Waals surface area contributed by atoms with E-state index in [0.717, 1.165) is 18.2 Å². The summed E-state index contributed by atoms with van der Waals surface area (Å²) >= 11 is 0. The molecule has 2 heterocycles. The Morgan fingerprint density at radius 3 is 2.19 bits per heavy atom. The van der Waals surface area contributed by atoms with Crippen molar-refractivity contribution in [3.8, 4) is 34.5 Å². The van der Waals surface area contributed by atoms with Crippen LogP contribution in [0.15, 0.2) is 61.1 Å². The largest absolute Gasteiger partial charge is 0.484 e. The summed E-state index contributed by atoms with van der Waals surface area (Å²) < 4.78 is 91.3. The second kappa shape index (κ2) is 12.9. The number of ether oxygens (including phenoxy) is 3. The maximum absolute atomic E-state index is 13.1. The Morgan fingerprint density at radius 2 is 1.56 bits per heavy atom. The van der Waals surface area contributed by atoms with E-state index >= 15 is 0 Å². The van der Waals surface area contributed by atoms with Crippen molar-refractivity contribution in [2.24, 2.45) is 0 Å². The van der Waals surface area contributed by atoms with Gasteiger partial charge in [-0.2, -0.15) is 26.3 Å². The average molecular weight is 608 g/mol. The zero-order chi connectivity index (χ0) is 31.2. The molecule has 226 valence electrons. The smallest absolute Gasteiger partial charge is 0.422 e. The van der Waals surface area contributed by atoms with E-state index in [1.54, 1.807) is 25.1 Å². The zero-order valence-corrected chi connectivity index (χ0v) is 22.6. The molecule has 0 aliphatic rings. The molecule has 0 spiro atoms. The number of rotatable bonds is 10. The van der Waals surface area contributed by atoms with Gasteiger partial charge in [-0.1, -0.05) is 13.0 Å². The monoisotopic (exact) mass is 607 g/mol. The third-order valence-electron chi connectivity index (χ3n) is 5.55. The van der Waals surface area contributed by atoms with Gasteiger partial charge in [-0.3, -0.25) is 4.79 Å². The SMILES string of the molecule is CCc1ncnc(-c2cccnc2Oc2cc(C(=O)Nc3cc(OCC(F)(F)F)cc(OCC(F)(F)F)c3)ccc2C)n1. The molecular formula is C28H23F6N5O4. The summed E-state index contributed by atoms with van der Waals surface area (Å²) in [5, 5.41) is 2.43. The van der Waals surface area contributed by atoms with E-state index in [0.29, 0.717) is 29.2 Å². The highest BCUT2D eigenvalue weighted by Crippen LogP contribution is 2.33. The molecule has 0 atom stereocenters. The summed E-state index contributed by atoms with van der Waals surface area (Å²) in [7, 11) is 0. The van der Waals surface area contributed by atoms with Crippen LogP contribution < -0.4 is 19.5 Å². The van der Waals surface area contributed by atoms with Gasteiger partial charge in [0.15, 0.2) is 19.0 Å². The molecular weight excluding hydrogens is 584 g/mol. The van der Waals surface area contributed by atoms with Crippen LogP contribution in [0.1, 0.15) is 28.7 Å². The summed E-state index contributed by atoms with van der Waals surface area (Å²) in [5.74, 6) is -0.385. The topological polar surface area (TPSA) is 108 Å². The van der Waals surface area contributed by atoms with E-state index in [4.69, 9.17) is 4.74 Å². The predicted octanol–water partition coefficient (Wildman–Crippen LogP) is 6.73. The number of pyridine rings is 1. The summed E-state index contributed by atoms with van der Waals surface area (Å²) in [6.45, 7) is 0.203. The summed E-state index contributed by atoms with van der Waals surface area (Å²) in [6.07, 6.45) is -5.97. The van der Waals surface area contributed by atoms with Crippen molar-refractivity contribution in [2.45, 2.75) is 32.6 Å². The minimum Gasteiger partial charge on any atom is -0.484 e. The van der Waals surface area contributed by atoms with Crippen LogP contribution in [-0.2, 0) is 6.42 Å². The number of carbonyl (C=O) groups is 1. The Labute approximate surface area is 240 Å². The van der Waals surface area contributed by atoms with E-state index in [2.05, 4.69) is 34.7 Å². The van der Waals surface area contributed by atoms with Crippen LogP contribution in [0.5, 0.6) is 23.1 Å². The van der Waals surface area contributed by atoms with Crippen LogP contribution in [0.4, 0.5) is 32.0 Å². The Balaban J connectivity index is 1.58. The third-order valence-corrected chi connectivity index (χ3v) is 5.55. The standard InChI is InChI=1S/C28H23F6N5O4/c1-3-23-36-15-37-24(39-23)21-5-4-8-35-26(21)43-22-9-17(7-6-16(22)2)25(40)38-18-10-19(41-13-27(29,30)31)12-20(11-18)42-14-28(32,33)34/h4-12,15H,3,13-14H2,1-2H3,(H,38,40). The number of alkyl halides is 6. The molecule has 1 N–H and O–H groups in total. The number of nitrogens with one attached hydrogen (secondary N) is 1. The first kappa shape index (κ1) is 31.0. The molecule has 4 aromatic rings. The van der Waals surface area contributed by atoms with Crippen LogP contribution in [-0.4, -0.2) is 51.4 Å². The number of hydrogen-bond donors (Lipinski definition) is 1. The second-order valence-corrected chi connectivity index (χ2v) is 8.97. The van der Waals surface area contributed by atoms with Crippen molar-refractivity contribution in [3.05, 3.63) is 78.0 Å². The molecule has 0 saturated carbocycles. The van der Waals surface area contributed by atoms with Gasteiger partial charge in [0.2, 0.25) is 5.88 Å². The summed E-state index contributed by atoms with van der Waals surface area (Å²) in [5.41, 5.74) is 0.990. The summed E-state index contributed by atoms with van der Waals surface area (Å²) in [6, 6.07) is 10.7. The lowest BCUT2D eigenvalue weighted by atomic mass is 10.1. The third kappa shape index (κ3) is 9.02. The Kier molecular flexibility index (Phi) is 9.31. The normalized spacial score (nSPS) is 11.6. The molecule has 2 aromatic carbocycles. The van der Waals surface area contributed by atoms with E-state index in [1.807, 2.05) is 6.92 Å². The minimum atomic E-state index is -4.71. The van der Waals surface area contributed by atoms with Crippen LogP contribution in [0.25, 0.3) is 11.4 Å². The number of carbonyl (C=O) groups excluding carboxylic acids is 1. The molecule has 0 unspecified atom stereocenters. The van der Waals surface area contributed by atoms with Gasteiger partial charge in [0.25, 0.3) is 5.91 Å². The Morgan fingerprint density at radius 1 is 0.884 bits per heavy atom. The van der Waals surface area contributed by atoms with Crippen LogP contribution >= 0.6 is 0 Å². The van der Waals surface area contributed by atoms with Gasteiger partial charge in [0.1, 0.15) is 29.4 Å². The molecule has 2 aromatic heterocycles. The van der Waals surface area contributed by atoms with Crippen LogP contribution in [0.2, 0.25) is 0 Å².